The minimum absolute atomic E-state index is 0.150. The number of benzene rings is 1. The summed E-state index contributed by atoms with van der Waals surface area (Å²) >= 11 is 0. The lowest BCUT2D eigenvalue weighted by molar-refractivity contribution is -0.126. The van der Waals surface area contributed by atoms with Gasteiger partial charge >= 0.3 is 0 Å². The van der Waals surface area contributed by atoms with Crippen molar-refractivity contribution in [2.24, 2.45) is 0 Å². The summed E-state index contributed by atoms with van der Waals surface area (Å²) in [4.78, 5) is 33.9. The summed E-state index contributed by atoms with van der Waals surface area (Å²) in [6.45, 7) is 5.05. The average molecular weight is 479 g/mol. The van der Waals surface area contributed by atoms with Crippen LogP contribution in [0.1, 0.15) is 63.4 Å². The smallest absolute Gasteiger partial charge is 0.256 e. The Balaban J connectivity index is 1.39. The molecule has 3 aromatic rings. The Labute approximate surface area is 209 Å². The molecular formula is C28H26N6O2. The van der Waals surface area contributed by atoms with Crippen LogP contribution < -0.4 is 0 Å². The van der Waals surface area contributed by atoms with Crippen LogP contribution in [0, 0.1) is 11.3 Å². The first-order valence-corrected chi connectivity index (χ1v) is 12.4. The Morgan fingerprint density at radius 1 is 1.08 bits per heavy atom. The van der Waals surface area contributed by atoms with Crippen molar-refractivity contribution in [3.05, 3.63) is 89.0 Å². The third kappa shape index (κ3) is 3.77. The summed E-state index contributed by atoms with van der Waals surface area (Å²) in [5, 5.41) is 14.1. The number of pyridine rings is 1. The quantitative estimate of drug-likeness (QED) is 0.536. The van der Waals surface area contributed by atoms with Crippen LogP contribution in [0.4, 0.5) is 0 Å². The first-order valence-electron chi connectivity index (χ1n) is 12.4. The monoisotopic (exact) mass is 478 g/mol. The van der Waals surface area contributed by atoms with Crippen LogP contribution in [0.5, 0.6) is 0 Å². The fourth-order valence-electron chi connectivity index (χ4n) is 5.44. The molecule has 8 nitrogen and oxygen atoms in total. The molecule has 1 aliphatic carbocycles. The Bertz CT molecular complexity index is 1400. The Hall–Kier alpha value is -4.25. The lowest BCUT2D eigenvalue weighted by Crippen LogP contribution is -2.45. The van der Waals surface area contributed by atoms with Crippen molar-refractivity contribution in [2.75, 3.05) is 19.6 Å². The van der Waals surface area contributed by atoms with E-state index in [4.69, 9.17) is 10.4 Å². The minimum atomic E-state index is -0.321. The van der Waals surface area contributed by atoms with E-state index in [0.29, 0.717) is 44.0 Å². The Kier molecular flexibility index (Phi) is 5.41. The van der Waals surface area contributed by atoms with E-state index in [1.807, 2.05) is 15.7 Å². The molecule has 1 aromatic carbocycles. The van der Waals surface area contributed by atoms with E-state index < -0.39 is 0 Å². The highest BCUT2D eigenvalue weighted by molar-refractivity contribution is 5.94. The van der Waals surface area contributed by atoms with Crippen molar-refractivity contribution >= 4 is 11.8 Å². The van der Waals surface area contributed by atoms with E-state index >= 15 is 0 Å². The second kappa shape index (κ2) is 8.76. The molecule has 0 radical (unpaired) electrons. The van der Waals surface area contributed by atoms with Gasteiger partial charge in [-0.05, 0) is 54.7 Å². The molecule has 0 unspecified atom stereocenters. The Morgan fingerprint density at radius 2 is 1.89 bits per heavy atom. The van der Waals surface area contributed by atoms with Crippen molar-refractivity contribution in [1.82, 2.24) is 24.6 Å². The molecule has 2 aliphatic heterocycles. The van der Waals surface area contributed by atoms with Crippen molar-refractivity contribution in [1.29, 1.82) is 5.26 Å². The van der Waals surface area contributed by atoms with Crippen molar-refractivity contribution < 1.29 is 9.59 Å². The van der Waals surface area contributed by atoms with Crippen molar-refractivity contribution in [3.63, 3.8) is 0 Å². The summed E-state index contributed by atoms with van der Waals surface area (Å²) in [5.41, 5.74) is 6.16. The predicted molar refractivity (Wildman–Crippen MR) is 132 cm³/mol. The van der Waals surface area contributed by atoms with Gasteiger partial charge in [0.15, 0.2) is 0 Å². The number of aromatic nitrogens is 3. The van der Waals surface area contributed by atoms with Crippen LogP contribution in [0.25, 0.3) is 5.69 Å². The normalized spacial score (nSPS) is 18.7. The lowest BCUT2D eigenvalue weighted by atomic mass is 9.95. The maximum Gasteiger partial charge on any atom is 0.256 e. The number of carbonyl (C=O) groups excluding carboxylic acids is 2. The maximum atomic E-state index is 13.6. The minimum Gasteiger partial charge on any atom is -0.336 e. The number of rotatable bonds is 4. The fraction of sp³-hybridized carbons (Fsp3) is 0.321. The molecule has 0 spiro atoms. The molecule has 6 rings (SSSR count). The zero-order valence-electron chi connectivity index (χ0n) is 19.9. The van der Waals surface area contributed by atoms with Gasteiger partial charge in [0.2, 0.25) is 5.91 Å². The van der Waals surface area contributed by atoms with Gasteiger partial charge in [-0.1, -0.05) is 18.7 Å². The predicted octanol–water partition coefficient (Wildman–Crippen LogP) is 3.33. The lowest BCUT2D eigenvalue weighted by Gasteiger charge is -2.37. The molecule has 1 atom stereocenters. The molecule has 0 bridgehead atoms. The van der Waals surface area contributed by atoms with Crippen molar-refractivity contribution in [2.45, 2.75) is 37.6 Å². The van der Waals surface area contributed by atoms with Crippen LogP contribution in [-0.2, 0) is 17.6 Å². The zero-order chi connectivity index (χ0) is 24.8. The van der Waals surface area contributed by atoms with Gasteiger partial charge in [-0.3, -0.25) is 9.59 Å². The topological polar surface area (TPSA) is 95.1 Å². The van der Waals surface area contributed by atoms with E-state index in [-0.39, 0.29) is 23.6 Å². The molecule has 1 saturated carbocycles. The number of nitrogens with zero attached hydrogens (tertiary/aromatic N) is 6. The first-order chi connectivity index (χ1) is 17.6. The van der Waals surface area contributed by atoms with Gasteiger partial charge in [0.05, 0.1) is 28.7 Å². The summed E-state index contributed by atoms with van der Waals surface area (Å²) < 4.78 is 2.03. The molecular weight excluding hydrogens is 452 g/mol. The van der Waals surface area contributed by atoms with E-state index in [1.165, 1.54) is 30.7 Å². The Morgan fingerprint density at radius 3 is 2.56 bits per heavy atom. The van der Waals surface area contributed by atoms with Crippen molar-refractivity contribution in [3.8, 4) is 11.8 Å². The SMILES string of the molecule is C=CC(=O)N1CCc2nn(-c3ccc(C4CC4)cc3)c3c2[C@H](C1)N(C(=O)c1ccc(C#N)nc1)CC3. The van der Waals surface area contributed by atoms with Gasteiger partial charge in [-0.25, -0.2) is 9.67 Å². The number of hydrogen-bond acceptors (Lipinski definition) is 5. The standard InChI is InChI=1S/C28H26N6O2/c1-2-26(35)32-13-11-23-27-24(34(31-23)22-9-6-19(7-10-22)18-3-4-18)12-14-33(25(27)17-32)28(36)20-5-8-21(15-29)30-16-20/h2,5-10,16,18,25H,1,3-4,11-14,17H2/t25-/m0/s1. The number of carbonyl (C=O) groups is 2. The molecule has 3 aliphatic rings. The molecule has 180 valence electrons. The molecule has 8 heteroatoms. The van der Waals surface area contributed by atoms with Crippen LogP contribution in [-0.4, -0.2) is 56.0 Å². The third-order valence-electron chi connectivity index (χ3n) is 7.47. The van der Waals surface area contributed by atoms with Crippen LogP contribution >= 0.6 is 0 Å². The molecule has 0 N–H and O–H groups in total. The van der Waals surface area contributed by atoms with Gasteiger partial charge in [-0.15, -0.1) is 0 Å². The summed E-state index contributed by atoms with van der Waals surface area (Å²) in [6.07, 6.45) is 6.58. The van der Waals surface area contributed by atoms with E-state index in [9.17, 15) is 9.59 Å². The van der Waals surface area contributed by atoms with Gasteiger partial charge in [0.25, 0.3) is 5.91 Å². The summed E-state index contributed by atoms with van der Waals surface area (Å²) in [5.74, 6) is 0.382. The number of nitriles is 1. The average Bonchev–Trinajstić information content (AvgIpc) is 3.73. The molecule has 2 aromatic heterocycles. The third-order valence-corrected chi connectivity index (χ3v) is 7.47. The van der Waals surface area contributed by atoms with Gasteiger partial charge < -0.3 is 9.80 Å². The highest BCUT2D eigenvalue weighted by atomic mass is 16.2. The highest BCUT2D eigenvalue weighted by Crippen LogP contribution is 2.41. The van der Waals surface area contributed by atoms with Gasteiger partial charge in [0.1, 0.15) is 11.8 Å². The van der Waals surface area contributed by atoms with Gasteiger partial charge in [-0.2, -0.15) is 10.4 Å². The first kappa shape index (κ1) is 22.2. The number of amides is 2. The van der Waals surface area contributed by atoms with Crippen LogP contribution in [0.15, 0.2) is 55.3 Å². The second-order valence-electron chi connectivity index (χ2n) is 9.63. The molecule has 36 heavy (non-hydrogen) atoms. The van der Waals surface area contributed by atoms with E-state index in [2.05, 4.69) is 35.8 Å². The highest BCUT2D eigenvalue weighted by Gasteiger charge is 2.40. The molecule has 0 saturated heterocycles. The van der Waals surface area contributed by atoms with E-state index in [1.54, 1.807) is 17.0 Å². The number of hydrogen-bond donors (Lipinski definition) is 0. The summed E-state index contributed by atoms with van der Waals surface area (Å²) in [7, 11) is 0. The zero-order valence-corrected chi connectivity index (χ0v) is 19.9. The largest absolute Gasteiger partial charge is 0.336 e. The summed E-state index contributed by atoms with van der Waals surface area (Å²) in [6, 6.07) is 13.5. The molecule has 1 fully saturated rings. The van der Waals surface area contributed by atoms with E-state index in [0.717, 1.165) is 22.6 Å². The molecule has 4 heterocycles. The fourth-order valence-corrected chi connectivity index (χ4v) is 5.44. The van der Waals surface area contributed by atoms with Crippen LogP contribution in [0.2, 0.25) is 0 Å². The second-order valence-corrected chi connectivity index (χ2v) is 9.63. The van der Waals surface area contributed by atoms with Gasteiger partial charge in [0, 0.05) is 44.2 Å². The molecule has 2 amide bonds. The maximum absolute atomic E-state index is 13.6. The van der Waals surface area contributed by atoms with Crippen LogP contribution in [0.3, 0.4) is 0 Å².